The van der Waals surface area contributed by atoms with Crippen LogP contribution in [0.15, 0.2) is 42.5 Å². The van der Waals surface area contributed by atoms with Crippen LogP contribution >= 0.6 is 0 Å². The van der Waals surface area contributed by atoms with Crippen LogP contribution in [0.2, 0.25) is 0 Å². The summed E-state index contributed by atoms with van der Waals surface area (Å²) in [6, 6.07) is 9.80. The van der Waals surface area contributed by atoms with Crippen LogP contribution in [0.1, 0.15) is 52.1 Å². The van der Waals surface area contributed by atoms with Gasteiger partial charge in [-0.25, -0.2) is 9.59 Å². The molecule has 2 aromatic carbocycles. The molecule has 0 fully saturated rings. The number of anilines is 1. The molecule has 0 aromatic heterocycles. The molecule has 2 N–H and O–H groups in total. The number of ketones is 2. The number of fused-ring (bicyclic) bond motifs is 2. The molecule has 0 saturated carbocycles. The van der Waals surface area contributed by atoms with E-state index in [-0.39, 0.29) is 34.3 Å². The molecule has 0 saturated heterocycles. The van der Waals surface area contributed by atoms with Crippen molar-refractivity contribution in [3.8, 4) is 0 Å². The summed E-state index contributed by atoms with van der Waals surface area (Å²) in [5, 5.41) is 5.21. The highest BCUT2D eigenvalue weighted by molar-refractivity contribution is 6.30. The highest BCUT2D eigenvalue weighted by Gasteiger charge is 2.32. The van der Waals surface area contributed by atoms with E-state index in [1.165, 1.54) is 7.11 Å². The van der Waals surface area contributed by atoms with Crippen molar-refractivity contribution in [1.29, 1.82) is 0 Å². The Balaban J connectivity index is 1.90. The van der Waals surface area contributed by atoms with E-state index in [0.29, 0.717) is 17.5 Å². The fraction of sp³-hybridized carbons (Fsp3) is 0.273. The fourth-order valence-corrected chi connectivity index (χ4v) is 3.34. The molecule has 3 rings (SSSR count). The molecule has 0 heterocycles. The van der Waals surface area contributed by atoms with Crippen LogP contribution < -0.4 is 10.6 Å². The third-order valence-corrected chi connectivity index (χ3v) is 5.16. The van der Waals surface area contributed by atoms with Crippen LogP contribution in [0.3, 0.4) is 0 Å². The average Bonchev–Trinajstić information content (AvgIpc) is 2.74. The molecule has 1 aliphatic carbocycles. The molecule has 0 spiro atoms. The van der Waals surface area contributed by atoms with Gasteiger partial charge < -0.3 is 15.4 Å². The van der Waals surface area contributed by atoms with Crippen molar-refractivity contribution in [1.82, 2.24) is 5.32 Å². The lowest BCUT2D eigenvalue weighted by atomic mass is 9.83. The quantitative estimate of drug-likeness (QED) is 0.647. The molecule has 150 valence electrons. The van der Waals surface area contributed by atoms with Gasteiger partial charge in [0.15, 0.2) is 11.6 Å². The Morgan fingerprint density at radius 3 is 2.21 bits per heavy atom. The monoisotopic (exact) mass is 394 g/mol. The molecule has 7 heteroatoms. The molecule has 2 amide bonds. The highest BCUT2D eigenvalue weighted by atomic mass is 16.5. The first-order chi connectivity index (χ1) is 13.9. The number of methoxy groups -OCH3 is 1. The van der Waals surface area contributed by atoms with Crippen LogP contribution in [-0.2, 0) is 9.53 Å². The van der Waals surface area contributed by atoms with Gasteiger partial charge in [-0.05, 0) is 12.0 Å². The van der Waals surface area contributed by atoms with Crippen LogP contribution in [0, 0.1) is 5.92 Å². The van der Waals surface area contributed by atoms with Gasteiger partial charge in [0.05, 0.1) is 18.4 Å². The van der Waals surface area contributed by atoms with Crippen molar-refractivity contribution < 1.29 is 23.9 Å². The van der Waals surface area contributed by atoms with Gasteiger partial charge in [-0.3, -0.25) is 9.59 Å². The molecule has 0 aliphatic heterocycles. The zero-order chi connectivity index (χ0) is 21.1. The van der Waals surface area contributed by atoms with E-state index in [1.807, 2.05) is 13.8 Å². The Morgan fingerprint density at radius 2 is 1.59 bits per heavy atom. The molecule has 0 radical (unpaired) electrons. The van der Waals surface area contributed by atoms with Crippen molar-refractivity contribution in [2.75, 3.05) is 12.4 Å². The molecular weight excluding hydrogens is 372 g/mol. The maximum atomic E-state index is 13.0. The number of nitrogens with one attached hydrogen (secondary N) is 2. The van der Waals surface area contributed by atoms with E-state index < -0.39 is 18.0 Å². The first kappa shape index (κ1) is 20.3. The topological polar surface area (TPSA) is 102 Å². The third kappa shape index (κ3) is 3.76. The molecule has 7 nitrogen and oxygen atoms in total. The second-order valence-electron chi connectivity index (χ2n) is 6.92. The van der Waals surface area contributed by atoms with E-state index in [0.717, 1.165) is 0 Å². The van der Waals surface area contributed by atoms with Crippen molar-refractivity contribution >= 4 is 29.3 Å². The number of hydrogen-bond acceptors (Lipinski definition) is 5. The number of benzene rings is 2. The summed E-state index contributed by atoms with van der Waals surface area (Å²) in [6.07, 6.45) is 0.657. The maximum absolute atomic E-state index is 13.0. The summed E-state index contributed by atoms with van der Waals surface area (Å²) in [7, 11) is 1.26. The van der Waals surface area contributed by atoms with Crippen LogP contribution in [0.25, 0.3) is 0 Å². The standard InChI is InChI=1S/C22H22N2O5/c1-4-12(2)18(21(27)29-3)24-22(28)23-16-11-7-10-15-17(16)20(26)14-9-6-5-8-13(14)19(15)25/h5-12,18H,4H2,1-3H3,(H2,23,24,28). The zero-order valence-corrected chi connectivity index (χ0v) is 16.4. The smallest absolute Gasteiger partial charge is 0.328 e. The number of amides is 2. The van der Waals surface area contributed by atoms with Gasteiger partial charge in [0.2, 0.25) is 0 Å². The lowest BCUT2D eigenvalue weighted by Crippen LogP contribution is -2.47. The number of hydrogen-bond donors (Lipinski definition) is 2. The van der Waals surface area contributed by atoms with E-state index in [1.54, 1.807) is 42.5 Å². The largest absolute Gasteiger partial charge is 0.467 e. The molecular formula is C22H22N2O5. The van der Waals surface area contributed by atoms with Crippen LogP contribution in [0.4, 0.5) is 10.5 Å². The Labute approximate surface area is 168 Å². The molecule has 2 aromatic rings. The minimum absolute atomic E-state index is 0.143. The number of esters is 1. The molecule has 2 unspecified atom stereocenters. The highest BCUT2D eigenvalue weighted by Crippen LogP contribution is 2.31. The summed E-state index contributed by atoms with van der Waals surface area (Å²) in [6.45, 7) is 3.72. The Bertz CT molecular complexity index is 998. The van der Waals surface area contributed by atoms with Crippen LogP contribution in [0.5, 0.6) is 0 Å². The molecule has 29 heavy (non-hydrogen) atoms. The van der Waals surface area contributed by atoms with Gasteiger partial charge in [-0.2, -0.15) is 0 Å². The van der Waals surface area contributed by atoms with Gasteiger partial charge in [0, 0.05) is 16.7 Å². The Hall–Kier alpha value is -3.48. The predicted molar refractivity (Wildman–Crippen MR) is 107 cm³/mol. The number of urea groups is 1. The van der Waals surface area contributed by atoms with Gasteiger partial charge in [0.1, 0.15) is 6.04 Å². The second-order valence-corrected chi connectivity index (χ2v) is 6.92. The Kier molecular flexibility index (Phi) is 5.77. The van der Waals surface area contributed by atoms with Crippen molar-refractivity contribution in [2.45, 2.75) is 26.3 Å². The third-order valence-electron chi connectivity index (χ3n) is 5.16. The summed E-state index contributed by atoms with van der Waals surface area (Å²) in [4.78, 5) is 50.3. The van der Waals surface area contributed by atoms with Crippen LogP contribution in [-0.4, -0.2) is 36.7 Å². The zero-order valence-electron chi connectivity index (χ0n) is 16.4. The van der Waals surface area contributed by atoms with Crippen molar-refractivity contribution in [2.24, 2.45) is 5.92 Å². The van der Waals surface area contributed by atoms with E-state index in [2.05, 4.69) is 10.6 Å². The second kappa shape index (κ2) is 8.26. The fourth-order valence-electron chi connectivity index (χ4n) is 3.34. The summed E-state index contributed by atoms with van der Waals surface area (Å²) >= 11 is 0. The summed E-state index contributed by atoms with van der Waals surface area (Å²) < 4.78 is 4.77. The van der Waals surface area contributed by atoms with E-state index >= 15 is 0 Å². The van der Waals surface area contributed by atoms with Crippen molar-refractivity contribution in [3.05, 3.63) is 64.7 Å². The van der Waals surface area contributed by atoms with Gasteiger partial charge in [0.25, 0.3) is 0 Å². The first-order valence-electron chi connectivity index (χ1n) is 9.35. The summed E-state index contributed by atoms with van der Waals surface area (Å²) in [5.74, 6) is -1.30. The summed E-state index contributed by atoms with van der Waals surface area (Å²) in [5.41, 5.74) is 1.23. The minimum atomic E-state index is -0.831. The minimum Gasteiger partial charge on any atom is -0.467 e. The number of ether oxygens (including phenoxy) is 1. The normalized spacial score (nSPS) is 14.3. The lowest BCUT2D eigenvalue weighted by Gasteiger charge is -2.23. The Morgan fingerprint density at radius 1 is 0.966 bits per heavy atom. The molecule has 1 aliphatic rings. The average molecular weight is 394 g/mol. The number of rotatable bonds is 5. The maximum Gasteiger partial charge on any atom is 0.328 e. The first-order valence-corrected chi connectivity index (χ1v) is 9.35. The number of carbonyl (C=O) groups is 4. The molecule has 2 atom stereocenters. The van der Waals surface area contributed by atoms with Crippen molar-refractivity contribution in [3.63, 3.8) is 0 Å². The predicted octanol–water partition coefficient (Wildman–Crippen LogP) is 3.17. The SMILES string of the molecule is CCC(C)C(NC(=O)Nc1cccc2c1C(=O)c1ccccc1C2=O)C(=O)OC. The number of carbonyl (C=O) groups excluding carboxylic acids is 4. The van der Waals surface area contributed by atoms with E-state index in [9.17, 15) is 19.2 Å². The van der Waals surface area contributed by atoms with Gasteiger partial charge >= 0.3 is 12.0 Å². The lowest BCUT2D eigenvalue weighted by molar-refractivity contribution is -0.144. The molecule has 0 bridgehead atoms. The van der Waals surface area contributed by atoms with E-state index in [4.69, 9.17) is 4.74 Å². The van der Waals surface area contributed by atoms with Gasteiger partial charge in [-0.1, -0.05) is 56.7 Å². The van der Waals surface area contributed by atoms with Gasteiger partial charge in [-0.15, -0.1) is 0 Å².